The normalized spacial score (nSPS) is 18.0. The van der Waals surface area contributed by atoms with Gasteiger partial charge >= 0.3 is 0 Å². The van der Waals surface area contributed by atoms with Crippen LogP contribution in [0.25, 0.3) is 6.08 Å². The molecule has 1 aliphatic rings. The van der Waals surface area contributed by atoms with Gasteiger partial charge < -0.3 is 5.32 Å². The number of amides is 1. The van der Waals surface area contributed by atoms with Crippen molar-refractivity contribution in [1.29, 1.82) is 0 Å². The van der Waals surface area contributed by atoms with Crippen LogP contribution in [0.4, 0.5) is 5.69 Å². The number of amidine groups is 1. The van der Waals surface area contributed by atoms with Crippen LogP contribution in [0.5, 0.6) is 0 Å². The average Bonchev–Trinajstić information content (AvgIpc) is 2.84. The Bertz CT molecular complexity index is 779. The molecule has 1 amide bonds. The molecule has 22 heavy (non-hydrogen) atoms. The molecule has 1 N–H and O–H groups in total. The van der Waals surface area contributed by atoms with E-state index in [1.165, 1.54) is 22.9 Å². The van der Waals surface area contributed by atoms with Crippen LogP contribution in [-0.4, -0.2) is 11.1 Å². The lowest BCUT2D eigenvalue weighted by atomic mass is 10.1. The van der Waals surface area contributed by atoms with Crippen molar-refractivity contribution in [2.75, 3.05) is 0 Å². The van der Waals surface area contributed by atoms with Gasteiger partial charge in [0.05, 0.1) is 10.6 Å². The lowest BCUT2D eigenvalue weighted by Crippen LogP contribution is -2.19. The van der Waals surface area contributed by atoms with Crippen molar-refractivity contribution in [2.45, 2.75) is 13.8 Å². The number of rotatable bonds is 2. The maximum Gasteiger partial charge on any atom is 0.264 e. The van der Waals surface area contributed by atoms with Gasteiger partial charge in [-0.25, -0.2) is 4.99 Å². The first-order valence-electron chi connectivity index (χ1n) is 7.04. The van der Waals surface area contributed by atoms with Crippen molar-refractivity contribution >= 4 is 34.6 Å². The van der Waals surface area contributed by atoms with Gasteiger partial charge in [0.1, 0.15) is 0 Å². The predicted molar refractivity (Wildman–Crippen MR) is 93.2 cm³/mol. The van der Waals surface area contributed by atoms with Crippen LogP contribution in [0.15, 0.2) is 58.4 Å². The smallest absolute Gasteiger partial charge is 0.264 e. The number of aliphatic imine (C=N–C) groups is 1. The molecule has 4 heteroatoms. The van der Waals surface area contributed by atoms with E-state index in [4.69, 9.17) is 0 Å². The molecule has 0 unspecified atom stereocenters. The van der Waals surface area contributed by atoms with E-state index in [2.05, 4.69) is 24.2 Å². The van der Waals surface area contributed by atoms with Gasteiger partial charge in [-0.15, -0.1) is 0 Å². The SMILES string of the molecule is Cc1ccc(N=C2NC(=O)/C(=C\c3ccccc3)S2)cc1C. The van der Waals surface area contributed by atoms with Gasteiger partial charge in [0.15, 0.2) is 5.17 Å². The van der Waals surface area contributed by atoms with Crippen LogP contribution in [0.2, 0.25) is 0 Å². The van der Waals surface area contributed by atoms with Crippen molar-refractivity contribution in [3.8, 4) is 0 Å². The Labute approximate surface area is 134 Å². The third-order valence-corrected chi connectivity index (χ3v) is 4.38. The number of nitrogens with one attached hydrogen (secondary N) is 1. The maximum absolute atomic E-state index is 12.0. The molecule has 0 radical (unpaired) electrons. The quantitative estimate of drug-likeness (QED) is 0.845. The Kier molecular flexibility index (Phi) is 4.11. The number of aryl methyl sites for hydroxylation is 2. The minimum atomic E-state index is -0.101. The highest BCUT2D eigenvalue weighted by Gasteiger charge is 2.23. The standard InChI is InChI=1S/C18H16N2OS/c1-12-8-9-15(10-13(12)2)19-18-20-17(21)16(22-18)11-14-6-4-3-5-7-14/h3-11H,1-2H3,(H,19,20,21)/b16-11+. The Morgan fingerprint density at radius 2 is 1.82 bits per heavy atom. The Morgan fingerprint density at radius 3 is 2.55 bits per heavy atom. The van der Waals surface area contributed by atoms with Crippen molar-refractivity contribution in [2.24, 2.45) is 4.99 Å². The van der Waals surface area contributed by atoms with Crippen LogP contribution >= 0.6 is 11.8 Å². The maximum atomic E-state index is 12.0. The molecule has 1 heterocycles. The molecule has 0 saturated carbocycles. The number of benzene rings is 2. The second-order valence-electron chi connectivity index (χ2n) is 5.16. The largest absolute Gasteiger partial charge is 0.300 e. The summed E-state index contributed by atoms with van der Waals surface area (Å²) in [5.41, 5.74) is 4.28. The van der Waals surface area contributed by atoms with E-state index in [1.54, 1.807) is 0 Å². The summed E-state index contributed by atoms with van der Waals surface area (Å²) in [6, 6.07) is 15.8. The molecule has 1 aliphatic heterocycles. The molecule has 0 bridgehead atoms. The molecule has 1 fully saturated rings. The van der Waals surface area contributed by atoms with Gasteiger partial charge in [0.25, 0.3) is 5.91 Å². The van der Waals surface area contributed by atoms with Crippen molar-refractivity contribution in [3.05, 3.63) is 70.1 Å². The van der Waals surface area contributed by atoms with Crippen molar-refractivity contribution < 1.29 is 4.79 Å². The van der Waals surface area contributed by atoms with Crippen molar-refractivity contribution in [1.82, 2.24) is 5.32 Å². The molecular weight excluding hydrogens is 292 g/mol. The molecule has 0 aliphatic carbocycles. The molecule has 2 aromatic carbocycles. The summed E-state index contributed by atoms with van der Waals surface area (Å²) in [6.45, 7) is 4.12. The van der Waals surface area contributed by atoms with Crippen LogP contribution in [-0.2, 0) is 4.79 Å². The van der Waals surface area contributed by atoms with Crippen LogP contribution < -0.4 is 5.32 Å². The number of thioether (sulfide) groups is 1. The van der Waals surface area contributed by atoms with Gasteiger partial charge in [0.2, 0.25) is 0 Å². The number of nitrogens with zero attached hydrogens (tertiary/aromatic N) is 1. The summed E-state index contributed by atoms with van der Waals surface area (Å²) in [6.07, 6.45) is 1.88. The van der Waals surface area contributed by atoms with Gasteiger partial charge in [-0.2, -0.15) is 0 Å². The molecule has 2 aromatic rings. The minimum absolute atomic E-state index is 0.101. The van der Waals surface area contributed by atoms with E-state index in [9.17, 15) is 4.79 Å². The lowest BCUT2D eigenvalue weighted by molar-refractivity contribution is -0.115. The van der Waals surface area contributed by atoms with Gasteiger partial charge in [0, 0.05) is 0 Å². The Morgan fingerprint density at radius 1 is 1.05 bits per heavy atom. The third-order valence-electron chi connectivity index (χ3n) is 3.47. The molecule has 3 rings (SSSR count). The third kappa shape index (κ3) is 3.28. The summed E-state index contributed by atoms with van der Waals surface area (Å²) < 4.78 is 0. The zero-order valence-electron chi connectivity index (χ0n) is 12.5. The van der Waals surface area contributed by atoms with E-state index in [0.717, 1.165) is 11.3 Å². The van der Waals surface area contributed by atoms with E-state index in [1.807, 2.05) is 54.6 Å². The fraction of sp³-hybridized carbons (Fsp3) is 0.111. The summed E-state index contributed by atoms with van der Waals surface area (Å²) in [5.74, 6) is -0.101. The molecule has 110 valence electrons. The van der Waals surface area contributed by atoms with E-state index < -0.39 is 0 Å². The summed E-state index contributed by atoms with van der Waals surface area (Å²) in [5, 5.41) is 3.43. The summed E-state index contributed by atoms with van der Waals surface area (Å²) in [4.78, 5) is 17.2. The van der Waals surface area contributed by atoms with Gasteiger partial charge in [-0.3, -0.25) is 4.79 Å². The number of hydrogen-bond acceptors (Lipinski definition) is 3. The number of carbonyl (C=O) groups is 1. The monoisotopic (exact) mass is 308 g/mol. The van der Waals surface area contributed by atoms with E-state index >= 15 is 0 Å². The second-order valence-corrected chi connectivity index (χ2v) is 6.19. The molecular formula is C18H16N2OS. The van der Waals surface area contributed by atoms with Gasteiger partial charge in [-0.05, 0) is 60.5 Å². The number of carbonyl (C=O) groups excluding carboxylic acids is 1. The first kappa shape index (κ1) is 14.6. The molecule has 0 aromatic heterocycles. The summed E-state index contributed by atoms with van der Waals surface area (Å²) in [7, 11) is 0. The molecule has 0 spiro atoms. The lowest BCUT2D eigenvalue weighted by Gasteiger charge is -2.01. The Hall–Kier alpha value is -2.33. The zero-order chi connectivity index (χ0) is 15.5. The topological polar surface area (TPSA) is 41.5 Å². The van der Waals surface area contributed by atoms with Crippen LogP contribution in [0.1, 0.15) is 16.7 Å². The van der Waals surface area contributed by atoms with Crippen LogP contribution in [0, 0.1) is 13.8 Å². The fourth-order valence-electron chi connectivity index (χ4n) is 2.09. The highest BCUT2D eigenvalue weighted by molar-refractivity contribution is 8.18. The highest BCUT2D eigenvalue weighted by Crippen LogP contribution is 2.28. The Balaban J connectivity index is 1.83. The zero-order valence-corrected chi connectivity index (χ0v) is 13.3. The van der Waals surface area contributed by atoms with E-state index in [-0.39, 0.29) is 5.91 Å². The van der Waals surface area contributed by atoms with Crippen molar-refractivity contribution in [3.63, 3.8) is 0 Å². The predicted octanol–water partition coefficient (Wildman–Crippen LogP) is 4.20. The fourth-order valence-corrected chi connectivity index (χ4v) is 2.94. The minimum Gasteiger partial charge on any atom is -0.300 e. The van der Waals surface area contributed by atoms with Gasteiger partial charge in [-0.1, -0.05) is 36.4 Å². The molecule has 1 saturated heterocycles. The summed E-state index contributed by atoms with van der Waals surface area (Å²) >= 11 is 1.37. The molecule has 0 atom stereocenters. The average molecular weight is 308 g/mol. The first-order valence-corrected chi connectivity index (χ1v) is 7.85. The van der Waals surface area contributed by atoms with E-state index in [0.29, 0.717) is 10.1 Å². The van der Waals surface area contributed by atoms with Crippen LogP contribution in [0.3, 0.4) is 0 Å². The highest BCUT2D eigenvalue weighted by atomic mass is 32.2. The first-order chi connectivity index (χ1) is 10.6. The number of hydrogen-bond donors (Lipinski definition) is 1. The second kappa shape index (κ2) is 6.20. The molecule has 3 nitrogen and oxygen atoms in total.